The summed E-state index contributed by atoms with van der Waals surface area (Å²) >= 11 is 0. The molecule has 0 fully saturated rings. The maximum absolute atomic E-state index is 12.0. The SMILES string of the molecule is CCc1nc(C)cn1CCCCCNc1cccc(-c2n[nH]c(=O)c3ccccc23)c1. The second kappa shape index (κ2) is 9.60. The van der Waals surface area contributed by atoms with Crippen LogP contribution in [0, 0.1) is 6.92 Å². The summed E-state index contributed by atoms with van der Waals surface area (Å²) in [5.74, 6) is 1.18. The fourth-order valence-corrected chi connectivity index (χ4v) is 4.00. The number of nitrogens with zero attached hydrogens (tertiary/aromatic N) is 3. The number of benzene rings is 2. The van der Waals surface area contributed by atoms with Crippen LogP contribution < -0.4 is 10.9 Å². The molecule has 0 bridgehead atoms. The molecule has 160 valence electrons. The number of imidazole rings is 1. The lowest BCUT2D eigenvalue weighted by molar-refractivity contribution is 0.577. The Morgan fingerprint density at radius 2 is 1.87 bits per heavy atom. The quantitative estimate of drug-likeness (QED) is 0.380. The van der Waals surface area contributed by atoms with Gasteiger partial charge in [-0.25, -0.2) is 10.1 Å². The number of unbranched alkanes of at least 4 members (excludes halogenated alkanes) is 2. The van der Waals surface area contributed by atoms with Gasteiger partial charge in [0.1, 0.15) is 5.82 Å². The fraction of sp³-hybridized carbons (Fsp3) is 0.320. The first kappa shape index (κ1) is 20.8. The van der Waals surface area contributed by atoms with Crippen molar-refractivity contribution in [2.45, 2.75) is 46.1 Å². The minimum absolute atomic E-state index is 0.162. The molecular weight excluding hydrogens is 386 g/mol. The zero-order valence-corrected chi connectivity index (χ0v) is 18.2. The van der Waals surface area contributed by atoms with Crippen molar-refractivity contribution < 1.29 is 0 Å². The molecule has 0 amide bonds. The van der Waals surface area contributed by atoms with Crippen molar-refractivity contribution in [3.05, 3.63) is 76.6 Å². The van der Waals surface area contributed by atoms with E-state index >= 15 is 0 Å². The highest BCUT2D eigenvalue weighted by molar-refractivity contribution is 5.94. The van der Waals surface area contributed by atoms with Crippen LogP contribution in [-0.4, -0.2) is 26.3 Å². The third-order valence-corrected chi connectivity index (χ3v) is 5.53. The highest BCUT2D eigenvalue weighted by Gasteiger charge is 2.09. The number of H-pyrrole nitrogens is 1. The Kier molecular flexibility index (Phi) is 6.46. The average molecular weight is 416 g/mol. The first-order chi connectivity index (χ1) is 15.2. The molecule has 4 aromatic rings. The Balaban J connectivity index is 1.34. The van der Waals surface area contributed by atoms with E-state index in [4.69, 9.17) is 0 Å². The molecule has 0 aliphatic heterocycles. The number of hydrogen-bond donors (Lipinski definition) is 2. The van der Waals surface area contributed by atoms with Crippen LogP contribution in [0.15, 0.2) is 59.5 Å². The Morgan fingerprint density at radius 3 is 2.71 bits per heavy atom. The highest BCUT2D eigenvalue weighted by Crippen LogP contribution is 2.26. The Morgan fingerprint density at radius 1 is 1.03 bits per heavy atom. The molecule has 0 radical (unpaired) electrons. The van der Waals surface area contributed by atoms with Crippen LogP contribution in [0.4, 0.5) is 5.69 Å². The first-order valence-corrected chi connectivity index (χ1v) is 11.0. The Labute approximate surface area is 182 Å². The normalized spacial score (nSPS) is 11.2. The van der Waals surface area contributed by atoms with Crippen LogP contribution in [-0.2, 0) is 13.0 Å². The van der Waals surface area contributed by atoms with Crippen LogP contribution >= 0.6 is 0 Å². The van der Waals surface area contributed by atoms with Gasteiger partial charge < -0.3 is 9.88 Å². The van der Waals surface area contributed by atoms with E-state index in [0.717, 1.165) is 60.4 Å². The summed E-state index contributed by atoms with van der Waals surface area (Å²) in [5.41, 5.74) is 3.78. The molecule has 0 aliphatic rings. The predicted molar refractivity (Wildman–Crippen MR) is 126 cm³/mol. The maximum atomic E-state index is 12.0. The Bertz CT molecular complexity index is 1220. The highest BCUT2D eigenvalue weighted by atomic mass is 16.1. The molecule has 2 aromatic heterocycles. The topological polar surface area (TPSA) is 75.6 Å². The van der Waals surface area contributed by atoms with E-state index in [0.29, 0.717) is 5.39 Å². The third kappa shape index (κ3) is 4.85. The van der Waals surface area contributed by atoms with E-state index < -0.39 is 0 Å². The number of anilines is 1. The van der Waals surface area contributed by atoms with E-state index in [2.05, 4.69) is 57.2 Å². The van der Waals surface area contributed by atoms with Crippen LogP contribution in [0.5, 0.6) is 0 Å². The van der Waals surface area contributed by atoms with Gasteiger partial charge in [-0.2, -0.15) is 5.10 Å². The zero-order chi connectivity index (χ0) is 21.6. The molecule has 0 saturated heterocycles. The van der Waals surface area contributed by atoms with Crippen molar-refractivity contribution >= 4 is 16.5 Å². The largest absolute Gasteiger partial charge is 0.385 e. The summed E-state index contributed by atoms with van der Waals surface area (Å²) in [5, 5.41) is 12.0. The number of aromatic nitrogens is 4. The molecule has 6 heteroatoms. The number of hydrogen-bond acceptors (Lipinski definition) is 4. The van der Waals surface area contributed by atoms with Gasteiger partial charge in [0.05, 0.1) is 16.8 Å². The molecule has 2 N–H and O–H groups in total. The standard InChI is InChI=1S/C25H29N5O/c1-3-23-27-18(2)17-30(23)15-8-4-7-14-26-20-11-9-10-19(16-20)24-21-12-5-6-13-22(21)25(31)29-28-24/h5-6,9-13,16-17,26H,3-4,7-8,14-15H2,1-2H3,(H,29,31). The third-order valence-electron chi connectivity index (χ3n) is 5.53. The lowest BCUT2D eigenvalue weighted by Gasteiger charge is -2.10. The number of rotatable bonds is 9. The van der Waals surface area contributed by atoms with Crippen molar-refractivity contribution in [2.24, 2.45) is 0 Å². The van der Waals surface area contributed by atoms with E-state index in [9.17, 15) is 4.79 Å². The lowest BCUT2D eigenvalue weighted by atomic mass is 10.0. The second-order valence-electron chi connectivity index (χ2n) is 7.86. The van der Waals surface area contributed by atoms with Gasteiger partial charge in [0.25, 0.3) is 5.56 Å². The minimum atomic E-state index is -0.162. The van der Waals surface area contributed by atoms with Gasteiger partial charge in [-0.3, -0.25) is 4.79 Å². The van der Waals surface area contributed by atoms with Gasteiger partial charge in [-0.05, 0) is 44.4 Å². The summed E-state index contributed by atoms with van der Waals surface area (Å²) in [4.78, 5) is 16.6. The van der Waals surface area contributed by atoms with Crippen LogP contribution in [0.25, 0.3) is 22.0 Å². The Hall–Kier alpha value is -3.41. The van der Waals surface area contributed by atoms with Crippen molar-refractivity contribution in [1.82, 2.24) is 19.7 Å². The zero-order valence-electron chi connectivity index (χ0n) is 18.2. The minimum Gasteiger partial charge on any atom is -0.385 e. The number of aromatic amines is 1. The van der Waals surface area contributed by atoms with Crippen molar-refractivity contribution in [2.75, 3.05) is 11.9 Å². The average Bonchev–Trinajstić information content (AvgIpc) is 3.16. The van der Waals surface area contributed by atoms with Gasteiger partial charge in [0.15, 0.2) is 0 Å². The number of aryl methyl sites for hydroxylation is 3. The number of nitrogens with one attached hydrogen (secondary N) is 2. The molecule has 2 aromatic carbocycles. The summed E-state index contributed by atoms with van der Waals surface area (Å²) in [7, 11) is 0. The fourth-order valence-electron chi connectivity index (χ4n) is 4.00. The van der Waals surface area contributed by atoms with Crippen molar-refractivity contribution in [3.63, 3.8) is 0 Å². The second-order valence-corrected chi connectivity index (χ2v) is 7.86. The van der Waals surface area contributed by atoms with E-state index in [1.807, 2.05) is 36.4 Å². The van der Waals surface area contributed by atoms with E-state index in [1.54, 1.807) is 0 Å². The number of fused-ring (bicyclic) bond motifs is 1. The predicted octanol–water partition coefficient (Wildman–Crippen LogP) is 4.94. The van der Waals surface area contributed by atoms with Crippen LogP contribution in [0.1, 0.15) is 37.7 Å². The lowest BCUT2D eigenvalue weighted by Crippen LogP contribution is -2.09. The molecule has 31 heavy (non-hydrogen) atoms. The monoisotopic (exact) mass is 415 g/mol. The molecule has 2 heterocycles. The summed E-state index contributed by atoms with van der Waals surface area (Å²) in [6.07, 6.45) is 6.55. The van der Waals surface area contributed by atoms with Crippen molar-refractivity contribution in [1.29, 1.82) is 0 Å². The molecule has 6 nitrogen and oxygen atoms in total. The summed E-state index contributed by atoms with van der Waals surface area (Å²) in [6, 6.07) is 15.8. The molecule has 0 spiro atoms. The van der Waals surface area contributed by atoms with Crippen molar-refractivity contribution in [3.8, 4) is 11.3 Å². The van der Waals surface area contributed by atoms with Gasteiger partial charge >= 0.3 is 0 Å². The van der Waals surface area contributed by atoms with Gasteiger partial charge in [-0.15, -0.1) is 0 Å². The van der Waals surface area contributed by atoms with Gasteiger partial charge in [-0.1, -0.05) is 37.3 Å². The molecule has 0 unspecified atom stereocenters. The molecule has 4 rings (SSSR count). The van der Waals surface area contributed by atoms with E-state index in [1.165, 1.54) is 12.2 Å². The molecule has 0 atom stereocenters. The molecular formula is C25H29N5O. The van der Waals surface area contributed by atoms with Gasteiger partial charge in [0.2, 0.25) is 0 Å². The van der Waals surface area contributed by atoms with Gasteiger partial charge in [0, 0.05) is 42.3 Å². The van der Waals surface area contributed by atoms with Crippen LogP contribution in [0.3, 0.4) is 0 Å². The molecule has 0 aliphatic carbocycles. The summed E-state index contributed by atoms with van der Waals surface area (Å²) in [6.45, 7) is 6.16. The first-order valence-electron chi connectivity index (χ1n) is 11.0. The molecule has 0 saturated carbocycles. The maximum Gasteiger partial charge on any atom is 0.272 e. The van der Waals surface area contributed by atoms with Crippen LogP contribution in [0.2, 0.25) is 0 Å². The van der Waals surface area contributed by atoms with E-state index in [-0.39, 0.29) is 5.56 Å². The summed E-state index contributed by atoms with van der Waals surface area (Å²) < 4.78 is 2.29. The smallest absolute Gasteiger partial charge is 0.272 e.